The van der Waals surface area contributed by atoms with Gasteiger partial charge in [0.15, 0.2) is 0 Å². The van der Waals surface area contributed by atoms with E-state index in [-0.39, 0.29) is 6.61 Å². The number of benzene rings is 2. The van der Waals surface area contributed by atoms with Crippen LogP contribution >= 0.6 is 0 Å². The number of anilines is 2. The third kappa shape index (κ3) is 8.35. The van der Waals surface area contributed by atoms with Gasteiger partial charge in [0.05, 0.1) is 57.4 Å². The second kappa shape index (κ2) is 13.1. The Hall–Kier alpha value is -3.68. The predicted octanol–water partition coefficient (Wildman–Crippen LogP) is 0.507. The zero-order valence-corrected chi connectivity index (χ0v) is 20.1. The highest BCUT2D eigenvalue weighted by atomic mass is 32.2. The fourth-order valence-electron chi connectivity index (χ4n) is 2.44. The molecule has 0 aliphatic carbocycles. The number of rotatable bonds is 10. The van der Waals surface area contributed by atoms with Gasteiger partial charge in [0.25, 0.3) is 10.0 Å². The van der Waals surface area contributed by atoms with E-state index in [2.05, 4.69) is 10.5 Å². The Balaban J connectivity index is 0.000000718. The maximum Gasteiger partial charge on any atom is 0.255 e. The summed E-state index contributed by atoms with van der Waals surface area (Å²) in [5.41, 5.74) is 16.4. The molecule has 0 spiro atoms. The van der Waals surface area contributed by atoms with Crippen LogP contribution in [0.4, 0.5) is 11.4 Å². The Labute approximate surface area is 198 Å². The number of ether oxygens (including phenoxy) is 4. The van der Waals surface area contributed by atoms with Gasteiger partial charge in [0, 0.05) is 12.1 Å². The summed E-state index contributed by atoms with van der Waals surface area (Å²) in [6.07, 6.45) is 1.38. The normalized spacial score (nSPS) is 11.7. The van der Waals surface area contributed by atoms with Gasteiger partial charge in [-0.05, 0) is 24.3 Å². The van der Waals surface area contributed by atoms with Crippen LogP contribution in [-0.2, 0) is 14.8 Å². The Morgan fingerprint density at radius 1 is 1.03 bits per heavy atom. The van der Waals surface area contributed by atoms with Crippen molar-refractivity contribution in [2.45, 2.75) is 6.04 Å². The van der Waals surface area contributed by atoms with Gasteiger partial charge in [-0.3, -0.25) is 9.52 Å². The number of aliphatic hydroxyl groups excluding tert-OH is 1. The predicted molar refractivity (Wildman–Crippen MR) is 129 cm³/mol. The molecule has 2 rings (SSSR count). The minimum absolute atomic E-state index is 0.312. The fourth-order valence-corrected chi connectivity index (χ4v) is 3.28. The zero-order chi connectivity index (χ0) is 25.9. The highest BCUT2D eigenvalue weighted by Gasteiger charge is 2.13. The van der Waals surface area contributed by atoms with E-state index in [1.54, 1.807) is 24.3 Å². The molecule has 8 N–H and O–H groups in total. The van der Waals surface area contributed by atoms with Crippen molar-refractivity contribution in [3.8, 4) is 23.0 Å². The van der Waals surface area contributed by atoms with E-state index in [0.29, 0.717) is 39.9 Å². The number of hydrogen-bond acceptors (Lipinski definition) is 10. The number of nitrogens with one attached hydrogen (secondary N) is 1. The van der Waals surface area contributed by atoms with Crippen LogP contribution in [0.25, 0.3) is 6.08 Å². The standard InChI is InChI=1S/C18H22N2O6S.C3H8N2O2/c1-23-13-10-17(25-3)14(18(11-13)26-4)7-8-27(21,22)20-12-5-6-16(24-2)15(19)9-12;4-2(1-6)3(5)7/h5-11,20H,19H2,1-4H3;2,6H,1,4H2,(H2,5,7)/b8-7+;/t;2-/m.1/s1. The number of amides is 1. The van der Waals surface area contributed by atoms with Crippen LogP contribution in [0.15, 0.2) is 35.7 Å². The molecule has 0 heterocycles. The topological polar surface area (TPSA) is 198 Å². The molecular weight excluding hydrogens is 468 g/mol. The SMILES string of the molecule is COc1cc(OC)c(/C=C/S(=O)(=O)Nc2ccc(OC)c(N)c2)c(OC)c1.NC(=O)[C@H](N)CO. The third-order valence-electron chi connectivity index (χ3n) is 4.22. The average molecular weight is 499 g/mol. The molecule has 1 amide bonds. The Morgan fingerprint density at radius 3 is 1.97 bits per heavy atom. The van der Waals surface area contributed by atoms with Crippen LogP contribution in [0, 0.1) is 0 Å². The second-order valence-electron chi connectivity index (χ2n) is 6.54. The van der Waals surface area contributed by atoms with Crippen molar-refractivity contribution in [3.63, 3.8) is 0 Å². The molecule has 0 saturated heterocycles. The van der Waals surface area contributed by atoms with E-state index in [4.69, 9.17) is 35.5 Å². The van der Waals surface area contributed by atoms with Crippen molar-refractivity contribution < 1.29 is 37.3 Å². The molecule has 13 heteroatoms. The van der Waals surface area contributed by atoms with Crippen LogP contribution in [-0.4, -0.2) is 60.5 Å². The summed E-state index contributed by atoms with van der Waals surface area (Å²) in [7, 11) is 2.13. The number of carbonyl (C=O) groups excluding carboxylic acids is 1. The van der Waals surface area contributed by atoms with E-state index < -0.39 is 22.0 Å². The molecule has 0 radical (unpaired) electrons. The first-order valence-electron chi connectivity index (χ1n) is 9.62. The number of primary amides is 1. The Bertz CT molecular complexity index is 1080. The number of aliphatic hydroxyl groups is 1. The van der Waals surface area contributed by atoms with Gasteiger partial charge in [-0.1, -0.05) is 0 Å². The van der Waals surface area contributed by atoms with Crippen LogP contribution in [0.3, 0.4) is 0 Å². The van der Waals surface area contributed by atoms with Crippen LogP contribution in [0.2, 0.25) is 0 Å². The van der Waals surface area contributed by atoms with E-state index in [9.17, 15) is 13.2 Å². The van der Waals surface area contributed by atoms with E-state index >= 15 is 0 Å². The minimum Gasteiger partial charge on any atom is -0.496 e. The molecule has 0 aliphatic heterocycles. The summed E-state index contributed by atoms with van der Waals surface area (Å²) in [5.74, 6) is 1.12. The van der Waals surface area contributed by atoms with Crippen molar-refractivity contribution >= 4 is 33.4 Å². The number of methoxy groups -OCH3 is 4. The lowest BCUT2D eigenvalue weighted by Gasteiger charge is -2.12. The van der Waals surface area contributed by atoms with Crippen molar-refractivity contribution in [1.29, 1.82) is 0 Å². The Kier molecular flexibility index (Phi) is 10.9. The number of nitrogens with two attached hydrogens (primary N) is 3. The van der Waals surface area contributed by atoms with Gasteiger partial charge in [-0.2, -0.15) is 0 Å². The number of hydrogen-bond donors (Lipinski definition) is 5. The van der Waals surface area contributed by atoms with Gasteiger partial charge in [-0.25, -0.2) is 8.42 Å². The van der Waals surface area contributed by atoms with Gasteiger partial charge in [-0.15, -0.1) is 0 Å². The summed E-state index contributed by atoms with van der Waals surface area (Å²) in [5, 5.41) is 9.09. The van der Waals surface area contributed by atoms with Crippen molar-refractivity contribution in [2.75, 3.05) is 45.5 Å². The summed E-state index contributed by atoms with van der Waals surface area (Å²) in [6.45, 7) is -0.380. The lowest BCUT2D eigenvalue weighted by molar-refractivity contribution is -0.120. The number of nitrogen functional groups attached to an aromatic ring is 1. The van der Waals surface area contributed by atoms with E-state index in [0.717, 1.165) is 5.41 Å². The van der Waals surface area contributed by atoms with Gasteiger partial charge in [0.1, 0.15) is 29.0 Å². The minimum atomic E-state index is -3.80. The molecule has 2 aromatic carbocycles. The van der Waals surface area contributed by atoms with Crippen LogP contribution in [0.1, 0.15) is 5.56 Å². The molecule has 0 unspecified atom stereocenters. The monoisotopic (exact) mass is 498 g/mol. The smallest absolute Gasteiger partial charge is 0.255 e. The fraction of sp³-hybridized carbons (Fsp3) is 0.286. The zero-order valence-electron chi connectivity index (χ0n) is 19.3. The Morgan fingerprint density at radius 2 is 1.59 bits per heavy atom. The maximum absolute atomic E-state index is 12.4. The van der Waals surface area contributed by atoms with E-state index in [1.807, 2.05) is 0 Å². The molecule has 0 fully saturated rings. The lowest BCUT2D eigenvalue weighted by Crippen LogP contribution is -2.39. The quantitative estimate of drug-likeness (QED) is 0.287. The highest BCUT2D eigenvalue weighted by Crippen LogP contribution is 2.35. The van der Waals surface area contributed by atoms with Crippen molar-refractivity contribution in [1.82, 2.24) is 0 Å². The molecule has 0 aliphatic rings. The van der Waals surface area contributed by atoms with Gasteiger partial charge >= 0.3 is 0 Å². The molecule has 2 aromatic rings. The molecule has 34 heavy (non-hydrogen) atoms. The molecule has 0 aromatic heterocycles. The molecular formula is C21H30N4O8S. The van der Waals surface area contributed by atoms with Gasteiger partial charge < -0.3 is 41.3 Å². The molecule has 1 atom stereocenters. The summed E-state index contributed by atoms with van der Waals surface area (Å²) >= 11 is 0. The van der Waals surface area contributed by atoms with Crippen molar-refractivity contribution in [3.05, 3.63) is 41.3 Å². The number of sulfonamides is 1. The maximum atomic E-state index is 12.4. The van der Waals surface area contributed by atoms with Crippen molar-refractivity contribution in [2.24, 2.45) is 11.5 Å². The molecule has 0 saturated carbocycles. The highest BCUT2D eigenvalue weighted by molar-refractivity contribution is 7.95. The van der Waals surface area contributed by atoms with Crippen LogP contribution < -0.4 is 40.9 Å². The summed E-state index contributed by atoms with van der Waals surface area (Å²) in [4.78, 5) is 9.87. The number of carbonyl (C=O) groups is 1. The van der Waals surface area contributed by atoms with Gasteiger partial charge in [0.2, 0.25) is 5.91 Å². The molecule has 188 valence electrons. The summed E-state index contributed by atoms with van der Waals surface area (Å²) in [6, 6.07) is 6.96. The second-order valence-corrected chi connectivity index (χ2v) is 8.11. The molecule has 12 nitrogen and oxygen atoms in total. The first-order valence-corrected chi connectivity index (χ1v) is 11.2. The van der Waals surface area contributed by atoms with E-state index in [1.165, 1.54) is 40.6 Å². The summed E-state index contributed by atoms with van der Waals surface area (Å²) < 4.78 is 48.0. The van der Waals surface area contributed by atoms with Crippen LogP contribution in [0.5, 0.6) is 23.0 Å². The largest absolute Gasteiger partial charge is 0.496 e. The lowest BCUT2D eigenvalue weighted by atomic mass is 10.1. The first-order chi connectivity index (χ1) is 16.0. The average Bonchev–Trinajstić information content (AvgIpc) is 2.81. The third-order valence-corrected chi connectivity index (χ3v) is 5.23. The first kappa shape index (κ1) is 28.4. The molecule has 0 bridgehead atoms.